The Morgan fingerprint density at radius 2 is 1.66 bits per heavy atom. The van der Waals surface area contributed by atoms with Gasteiger partial charge in [-0.15, -0.1) is 0 Å². The zero-order valence-electron chi connectivity index (χ0n) is 17.0. The van der Waals surface area contributed by atoms with Gasteiger partial charge in [0.15, 0.2) is 6.61 Å². The number of halogens is 3. The van der Waals surface area contributed by atoms with E-state index < -0.39 is 0 Å². The number of ether oxygens (including phenoxy) is 1. The van der Waals surface area contributed by atoms with E-state index in [1.54, 1.807) is 24.3 Å². The molecular formula is C24H20Cl3N3O2. The maximum Gasteiger partial charge on any atom is 0.257 e. The van der Waals surface area contributed by atoms with Crippen LogP contribution in [0.3, 0.4) is 0 Å². The normalized spacial score (nSPS) is 11.0. The number of imidazole rings is 1. The Balaban J connectivity index is 1.43. The van der Waals surface area contributed by atoms with Gasteiger partial charge in [-0.25, -0.2) is 4.98 Å². The van der Waals surface area contributed by atoms with Gasteiger partial charge < -0.3 is 14.6 Å². The Kier molecular flexibility index (Phi) is 7.20. The highest BCUT2D eigenvalue weighted by molar-refractivity contribution is 6.36. The van der Waals surface area contributed by atoms with E-state index in [2.05, 4.69) is 9.88 Å². The molecule has 164 valence electrons. The second-order valence-electron chi connectivity index (χ2n) is 7.15. The van der Waals surface area contributed by atoms with E-state index >= 15 is 0 Å². The molecule has 0 radical (unpaired) electrons. The van der Waals surface area contributed by atoms with Gasteiger partial charge in [-0.2, -0.15) is 0 Å². The predicted octanol–water partition coefficient (Wildman–Crippen LogP) is 5.78. The van der Waals surface area contributed by atoms with Crippen LogP contribution in [-0.4, -0.2) is 28.6 Å². The third-order valence-electron chi connectivity index (χ3n) is 4.97. The van der Waals surface area contributed by atoms with Gasteiger partial charge >= 0.3 is 0 Å². The molecule has 0 bridgehead atoms. The quantitative estimate of drug-likeness (QED) is 0.342. The number of amides is 1. The van der Waals surface area contributed by atoms with Gasteiger partial charge in [0.1, 0.15) is 11.6 Å². The molecule has 1 heterocycles. The zero-order chi connectivity index (χ0) is 22.5. The minimum absolute atomic E-state index is 0.0761. The number of nitrogens with one attached hydrogen (secondary N) is 1. The third-order valence-corrected chi connectivity index (χ3v) is 5.93. The van der Waals surface area contributed by atoms with Crippen molar-refractivity contribution >= 4 is 51.7 Å². The summed E-state index contributed by atoms with van der Waals surface area (Å²) in [4.78, 5) is 16.9. The van der Waals surface area contributed by atoms with E-state index in [1.807, 2.05) is 42.5 Å². The summed E-state index contributed by atoms with van der Waals surface area (Å²) in [5, 5.41) is 4.70. The van der Waals surface area contributed by atoms with Gasteiger partial charge in [-0.1, -0.05) is 53.0 Å². The standard InChI is InChI=1S/C24H20Cl3N3O2/c25-16-8-10-17(11-9-16)32-15-24(31)28-13-12-23-29-21-6-1-2-7-22(21)30(23)14-18-19(26)4-3-5-20(18)27/h1-11H,12-15H2,(H,28,31). The third kappa shape index (κ3) is 5.36. The second kappa shape index (κ2) is 10.3. The largest absolute Gasteiger partial charge is 0.484 e. The summed E-state index contributed by atoms with van der Waals surface area (Å²) < 4.78 is 7.56. The minimum atomic E-state index is -0.211. The van der Waals surface area contributed by atoms with E-state index in [4.69, 9.17) is 44.5 Å². The van der Waals surface area contributed by atoms with Crippen molar-refractivity contribution in [3.8, 4) is 5.75 Å². The van der Waals surface area contributed by atoms with E-state index in [1.165, 1.54) is 0 Å². The van der Waals surface area contributed by atoms with E-state index in [-0.39, 0.29) is 12.5 Å². The van der Waals surface area contributed by atoms with Crippen molar-refractivity contribution in [2.24, 2.45) is 0 Å². The summed E-state index contributed by atoms with van der Waals surface area (Å²) in [7, 11) is 0. The van der Waals surface area contributed by atoms with Crippen LogP contribution < -0.4 is 10.1 Å². The molecule has 1 aromatic heterocycles. The van der Waals surface area contributed by atoms with Crippen LogP contribution in [0.1, 0.15) is 11.4 Å². The number of hydrogen-bond donors (Lipinski definition) is 1. The Hall–Kier alpha value is -2.73. The number of fused-ring (bicyclic) bond motifs is 1. The maximum atomic E-state index is 12.2. The Bertz CT molecular complexity index is 1220. The number of rotatable bonds is 8. The van der Waals surface area contributed by atoms with Crippen molar-refractivity contribution < 1.29 is 9.53 Å². The number of nitrogens with zero attached hydrogens (tertiary/aromatic N) is 2. The molecule has 4 aromatic rings. The zero-order valence-corrected chi connectivity index (χ0v) is 19.3. The van der Waals surface area contributed by atoms with Crippen LogP contribution in [0.5, 0.6) is 5.75 Å². The lowest BCUT2D eigenvalue weighted by Crippen LogP contribution is -2.31. The lowest BCUT2D eigenvalue weighted by Gasteiger charge is -2.13. The fraction of sp³-hybridized carbons (Fsp3) is 0.167. The van der Waals surface area contributed by atoms with Gasteiger partial charge in [0.05, 0.1) is 17.6 Å². The Morgan fingerprint density at radius 3 is 2.41 bits per heavy atom. The number of hydrogen-bond acceptors (Lipinski definition) is 3. The molecule has 1 N–H and O–H groups in total. The molecule has 8 heteroatoms. The van der Waals surface area contributed by atoms with Crippen molar-refractivity contribution in [3.63, 3.8) is 0 Å². The predicted molar refractivity (Wildman–Crippen MR) is 129 cm³/mol. The van der Waals surface area contributed by atoms with Crippen molar-refractivity contribution in [2.45, 2.75) is 13.0 Å². The van der Waals surface area contributed by atoms with Crippen molar-refractivity contribution in [3.05, 3.63) is 93.2 Å². The average molecular weight is 489 g/mol. The van der Waals surface area contributed by atoms with E-state index in [9.17, 15) is 4.79 Å². The lowest BCUT2D eigenvalue weighted by molar-refractivity contribution is -0.123. The molecule has 0 aliphatic carbocycles. The second-order valence-corrected chi connectivity index (χ2v) is 8.40. The summed E-state index contributed by atoms with van der Waals surface area (Å²) >= 11 is 18.6. The fourth-order valence-electron chi connectivity index (χ4n) is 3.38. The molecule has 0 atom stereocenters. The summed E-state index contributed by atoms with van der Waals surface area (Å²) in [6, 6.07) is 20.2. The highest BCUT2D eigenvalue weighted by Gasteiger charge is 2.14. The van der Waals surface area contributed by atoms with Gasteiger partial charge in [-0.05, 0) is 48.5 Å². The lowest BCUT2D eigenvalue weighted by atomic mass is 10.2. The summed E-state index contributed by atoms with van der Waals surface area (Å²) in [5.74, 6) is 1.21. The van der Waals surface area contributed by atoms with Crippen molar-refractivity contribution in [1.29, 1.82) is 0 Å². The molecule has 0 unspecified atom stereocenters. The maximum absolute atomic E-state index is 12.2. The number of aromatic nitrogens is 2. The highest BCUT2D eigenvalue weighted by atomic mass is 35.5. The van der Waals surface area contributed by atoms with Gasteiger partial charge in [0.25, 0.3) is 5.91 Å². The molecule has 0 saturated carbocycles. The first kappa shape index (κ1) is 22.5. The molecule has 4 rings (SSSR count). The van der Waals surface area contributed by atoms with E-state index in [0.29, 0.717) is 40.3 Å². The van der Waals surface area contributed by atoms with Crippen LogP contribution in [0.2, 0.25) is 15.1 Å². The van der Waals surface area contributed by atoms with Gasteiger partial charge in [0.2, 0.25) is 0 Å². The van der Waals surface area contributed by atoms with Crippen LogP contribution >= 0.6 is 34.8 Å². The molecule has 0 spiro atoms. The Morgan fingerprint density at radius 1 is 0.938 bits per heavy atom. The molecule has 0 aliphatic rings. The van der Waals surface area contributed by atoms with Crippen LogP contribution in [0.4, 0.5) is 0 Å². The van der Waals surface area contributed by atoms with Gasteiger partial charge in [-0.3, -0.25) is 4.79 Å². The minimum Gasteiger partial charge on any atom is -0.484 e. The first-order valence-electron chi connectivity index (χ1n) is 10.0. The summed E-state index contributed by atoms with van der Waals surface area (Å²) in [5.41, 5.74) is 2.69. The van der Waals surface area contributed by atoms with Crippen LogP contribution in [-0.2, 0) is 17.8 Å². The van der Waals surface area contributed by atoms with Crippen LogP contribution in [0.25, 0.3) is 11.0 Å². The number of carbonyl (C=O) groups excluding carboxylic acids is 1. The SMILES string of the molecule is O=C(COc1ccc(Cl)cc1)NCCc1nc2ccccc2n1Cc1c(Cl)cccc1Cl. The molecular weight excluding hydrogens is 469 g/mol. The average Bonchev–Trinajstić information content (AvgIpc) is 3.13. The smallest absolute Gasteiger partial charge is 0.257 e. The fourth-order valence-corrected chi connectivity index (χ4v) is 4.02. The van der Waals surface area contributed by atoms with Gasteiger partial charge in [0, 0.05) is 33.6 Å². The van der Waals surface area contributed by atoms with Crippen molar-refractivity contribution in [2.75, 3.05) is 13.2 Å². The molecule has 0 aliphatic heterocycles. The highest BCUT2D eigenvalue weighted by Crippen LogP contribution is 2.27. The molecule has 32 heavy (non-hydrogen) atoms. The molecule has 0 fully saturated rings. The Labute approximate surface area is 200 Å². The monoisotopic (exact) mass is 487 g/mol. The first-order valence-corrected chi connectivity index (χ1v) is 11.2. The topological polar surface area (TPSA) is 56.1 Å². The van der Waals surface area contributed by atoms with Crippen LogP contribution in [0, 0.1) is 0 Å². The summed E-state index contributed by atoms with van der Waals surface area (Å²) in [6.45, 7) is 0.831. The summed E-state index contributed by atoms with van der Waals surface area (Å²) in [6.07, 6.45) is 0.545. The van der Waals surface area contributed by atoms with E-state index in [0.717, 1.165) is 22.4 Å². The number of para-hydroxylation sites is 2. The van der Waals surface area contributed by atoms with Crippen molar-refractivity contribution in [1.82, 2.24) is 14.9 Å². The molecule has 3 aromatic carbocycles. The number of benzene rings is 3. The number of carbonyl (C=O) groups is 1. The van der Waals surface area contributed by atoms with Crippen LogP contribution in [0.15, 0.2) is 66.7 Å². The molecule has 5 nitrogen and oxygen atoms in total. The molecule has 0 saturated heterocycles. The first-order chi connectivity index (χ1) is 15.5. The molecule has 1 amide bonds.